The number of amides is 1. The minimum absolute atomic E-state index is 0.276. The maximum absolute atomic E-state index is 12.9. The number of benzene rings is 2. The molecular weight excluding hydrogens is 450 g/mol. The standard InChI is InChI=1S/C26H31N3O4S/c1-25(2,3)18-12-16(13-19(22(18)32)26(4,5)6)15-27-28-24-29(17-10-8-7-9-11-17)23(33)20(34-24)14-21(30)31/h7-13,15,20,32H,14H2,1-6H3,(H,30,31)/b27-15+,28-24-. The minimum atomic E-state index is -1.04. The summed E-state index contributed by atoms with van der Waals surface area (Å²) in [6.45, 7) is 12.2. The molecule has 0 saturated carbocycles. The summed E-state index contributed by atoms with van der Waals surface area (Å²) in [6, 6.07) is 12.8. The number of aliphatic carboxylic acids is 1. The van der Waals surface area contributed by atoms with Gasteiger partial charge in [0.25, 0.3) is 0 Å². The highest BCUT2D eigenvalue weighted by Crippen LogP contribution is 2.39. The van der Waals surface area contributed by atoms with Crippen molar-refractivity contribution < 1.29 is 19.8 Å². The van der Waals surface area contributed by atoms with Crippen LogP contribution in [0.1, 0.15) is 64.7 Å². The number of aromatic hydroxyl groups is 1. The molecule has 1 fully saturated rings. The summed E-state index contributed by atoms with van der Waals surface area (Å²) in [5.41, 5.74) is 2.46. The highest BCUT2D eigenvalue weighted by Gasteiger charge is 2.40. The number of thioether (sulfide) groups is 1. The maximum atomic E-state index is 12.9. The zero-order chi connectivity index (χ0) is 25.3. The number of nitrogens with zero attached hydrogens (tertiary/aromatic N) is 3. The van der Waals surface area contributed by atoms with Crippen LogP contribution in [0.4, 0.5) is 5.69 Å². The van der Waals surface area contributed by atoms with Gasteiger partial charge in [0.1, 0.15) is 11.0 Å². The van der Waals surface area contributed by atoms with Crippen LogP contribution in [0, 0.1) is 0 Å². The first-order valence-electron chi connectivity index (χ1n) is 11.1. The van der Waals surface area contributed by atoms with E-state index in [0.29, 0.717) is 10.9 Å². The number of carbonyl (C=O) groups excluding carboxylic acids is 1. The van der Waals surface area contributed by atoms with E-state index in [1.54, 1.807) is 30.5 Å². The molecule has 0 aliphatic carbocycles. The lowest BCUT2D eigenvalue weighted by molar-refractivity contribution is -0.138. The van der Waals surface area contributed by atoms with Gasteiger partial charge >= 0.3 is 5.97 Å². The Morgan fingerprint density at radius 1 is 1.06 bits per heavy atom. The summed E-state index contributed by atoms with van der Waals surface area (Å²) >= 11 is 1.09. The largest absolute Gasteiger partial charge is 0.507 e. The van der Waals surface area contributed by atoms with Crippen LogP contribution >= 0.6 is 11.8 Å². The van der Waals surface area contributed by atoms with E-state index < -0.39 is 11.2 Å². The monoisotopic (exact) mass is 481 g/mol. The Kier molecular flexibility index (Phi) is 7.21. The Hall–Kier alpha value is -3.13. The Labute approximate surface area is 204 Å². The number of hydrogen-bond donors (Lipinski definition) is 2. The van der Waals surface area contributed by atoms with Gasteiger partial charge in [0.05, 0.1) is 18.3 Å². The number of phenols is 1. The Morgan fingerprint density at radius 2 is 1.62 bits per heavy atom. The molecular formula is C26H31N3O4S. The van der Waals surface area contributed by atoms with Crippen LogP contribution in [-0.2, 0) is 20.4 Å². The number of rotatable bonds is 5. The highest BCUT2D eigenvalue weighted by molar-refractivity contribution is 8.16. The van der Waals surface area contributed by atoms with Crippen LogP contribution in [-0.4, -0.2) is 38.7 Å². The third-order valence-corrected chi connectivity index (χ3v) is 6.54. The topological polar surface area (TPSA) is 103 Å². The van der Waals surface area contributed by atoms with Crippen molar-refractivity contribution >= 4 is 40.7 Å². The summed E-state index contributed by atoms with van der Waals surface area (Å²) in [5, 5.41) is 28.2. The molecule has 8 heteroatoms. The lowest BCUT2D eigenvalue weighted by Gasteiger charge is -2.27. The van der Waals surface area contributed by atoms with Crippen molar-refractivity contribution in [3.05, 3.63) is 59.2 Å². The predicted molar refractivity (Wildman–Crippen MR) is 138 cm³/mol. The Balaban J connectivity index is 2.01. The van der Waals surface area contributed by atoms with Gasteiger partial charge in [-0.3, -0.25) is 14.5 Å². The quantitative estimate of drug-likeness (QED) is 0.446. The molecule has 1 amide bonds. The van der Waals surface area contributed by atoms with Gasteiger partial charge in [0.15, 0.2) is 5.17 Å². The van der Waals surface area contributed by atoms with Gasteiger partial charge in [-0.15, -0.1) is 5.10 Å². The molecule has 1 unspecified atom stereocenters. The molecule has 2 N–H and O–H groups in total. The maximum Gasteiger partial charge on any atom is 0.305 e. The zero-order valence-corrected chi connectivity index (χ0v) is 21.2. The molecule has 0 radical (unpaired) electrons. The minimum Gasteiger partial charge on any atom is -0.507 e. The second-order valence-electron chi connectivity index (χ2n) is 10.3. The smallest absolute Gasteiger partial charge is 0.305 e. The van der Waals surface area contributed by atoms with E-state index >= 15 is 0 Å². The van der Waals surface area contributed by atoms with Crippen molar-refractivity contribution in [3.8, 4) is 5.75 Å². The second-order valence-corrected chi connectivity index (χ2v) is 11.5. The van der Waals surface area contributed by atoms with E-state index in [1.807, 2.05) is 59.7 Å². The van der Waals surface area contributed by atoms with Gasteiger partial charge in [-0.2, -0.15) is 5.10 Å². The molecule has 1 atom stereocenters. The van der Waals surface area contributed by atoms with Crippen LogP contribution in [0.25, 0.3) is 0 Å². The number of phenolic OH excluding ortho intramolecular Hbond substituents is 1. The molecule has 3 rings (SSSR count). The number of anilines is 1. The Morgan fingerprint density at radius 3 is 2.12 bits per heavy atom. The number of amidine groups is 1. The van der Waals surface area contributed by atoms with Crippen molar-refractivity contribution in [2.24, 2.45) is 10.2 Å². The van der Waals surface area contributed by atoms with E-state index in [0.717, 1.165) is 28.5 Å². The molecule has 1 saturated heterocycles. The van der Waals surface area contributed by atoms with Gasteiger partial charge < -0.3 is 10.2 Å². The summed E-state index contributed by atoms with van der Waals surface area (Å²) < 4.78 is 0. The van der Waals surface area contributed by atoms with Gasteiger partial charge in [0, 0.05) is 11.1 Å². The molecule has 2 aromatic rings. The van der Waals surface area contributed by atoms with Crippen LogP contribution in [0.3, 0.4) is 0 Å². The molecule has 0 spiro atoms. The number of carboxylic acid groups (broad SMARTS) is 1. The van der Waals surface area contributed by atoms with Gasteiger partial charge in [-0.1, -0.05) is 71.5 Å². The van der Waals surface area contributed by atoms with E-state index in [2.05, 4.69) is 10.2 Å². The third-order valence-electron chi connectivity index (χ3n) is 5.41. The van der Waals surface area contributed by atoms with Crippen molar-refractivity contribution in [1.82, 2.24) is 0 Å². The molecule has 34 heavy (non-hydrogen) atoms. The van der Waals surface area contributed by atoms with Crippen molar-refractivity contribution in [3.63, 3.8) is 0 Å². The third kappa shape index (κ3) is 5.67. The molecule has 1 aliphatic heterocycles. The number of carbonyl (C=O) groups is 2. The fourth-order valence-corrected chi connectivity index (χ4v) is 4.74. The first kappa shape index (κ1) is 25.5. The molecule has 0 aromatic heterocycles. The van der Waals surface area contributed by atoms with E-state index in [9.17, 15) is 19.8 Å². The predicted octanol–water partition coefficient (Wildman–Crippen LogP) is 5.30. The van der Waals surface area contributed by atoms with Gasteiger partial charge in [-0.05, 0) is 40.7 Å². The van der Waals surface area contributed by atoms with Crippen LogP contribution in [0.15, 0.2) is 52.7 Å². The lowest BCUT2D eigenvalue weighted by atomic mass is 9.78. The number of hydrogen-bond acceptors (Lipinski definition) is 6. The van der Waals surface area contributed by atoms with Crippen LogP contribution in [0.5, 0.6) is 5.75 Å². The normalized spacial score (nSPS) is 18.3. The van der Waals surface area contributed by atoms with E-state index in [4.69, 9.17) is 0 Å². The summed E-state index contributed by atoms with van der Waals surface area (Å²) in [6.07, 6.45) is 1.30. The van der Waals surface area contributed by atoms with Crippen molar-refractivity contribution in [2.75, 3.05) is 4.90 Å². The highest BCUT2D eigenvalue weighted by atomic mass is 32.2. The van der Waals surface area contributed by atoms with Crippen LogP contribution < -0.4 is 4.90 Å². The number of para-hydroxylation sites is 1. The van der Waals surface area contributed by atoms with Crippen molar-refractivity contribution in [1.29, 1.82) is 0 Å². The Bertz CT molecular complexity index is 1110. The fourth-order valence-electron chi connectivity index (χ4n) is 3.66. The molecule has 0 bridgehead atoms. The first-order chi connectivity index (χ1) is 15.8. The van der Waals surface area contributed by atoms with Gasteiger partial charge in [-0.25, -0.2) is 0 Å². The molecule has 2 aromatic carbocycles. The average molecular weight is 482 g/mol. The van der Waals surface area contributed by atoms with Gasteiger partial charge in [0.2, 0.25) is 5.91 Å². The average Bonchev–Trinajstić information content (AvgIpc) is 3.02. The molecule has 1 heterocycles. The van der Waals surface area contributed by atoms with Crippen LogP contribution in [0.2, 0.25) is 0 Å². The molecule has 180 valence electrons. The second kappa shape index (κ2) is 9.62. The lowest BCUT2D eigenvalue weighted by Crippen LogP contribution is -2.32. The summed E-state index contributed by atoms with van der Waals surface area (Å²) in [5.74, 6) is -1.09. The zero-order valence-electron chi connectivity index (χ0n) is 20.4. The van der Waals surface area contributed by atoms with Crippen molar-refractivity contribution in [2.45, 2.75) is 64.0 Å². The fraction of sp³-hybridized carbons (Fsp3) is 0.385. The summed E-state index contributed by atoms with van der Waals surface area (Å²) in [4.78, 5) is 25.6. The first-order valence-corrected chi connectivity index (χ1v) is 11.9. The van der Waals surface area contributed by atoms with E-state index in [1.165, 1.54) is 4.90 Å². The molecule has 7 nitrogen and oxygen atoms in total. The summed E-state index contributed by atoms with van der Waals surface area (Å²) in [7, 11) is 0. The molecule has 1 aliphatic rings. The SMILES string of the molecule is CC(C)(C)c1cc(/C=N/N=C2\SC(CC(=O)O)C(=O)N2c2ccccc2)cc(C(C)(C)C)c1O. The van der Waals surface area contributed by atoms with E-state index in [-0.39, 0.29) is 28.9 Å². The number of carboxylic acids is 1.